The molecule has 0 aliphatic rings. The summed E-state index contributed by atoms with van der Waals surface area (Å²) in [6.45, 7) is 4.49. The van der Waals surface area contributed by atoms with Crippen LogP contribution in [0.3, 0.4) is 0 Å². The van der Waals surface area contributed by atoms with Crippen LogP contribution in [0, 0.1) is 71.0 Å². The Morgan fingerprint density at radius 2 is 1.15 bits per heavy atom. The van der Waals surface area contributed by atoms with Gasteiger partial charge in [0.2, 0.25) is 5.91 Å². The number of carbonyl (C=O) groups is 3. The van der Waals surface area contributed by atoms with Gasteiger partial charge < -0.3 is 20.3 Å². The highest BCUT2D eigenvalue weighted by Gasteiger charge is 2.15. The van der Waals surface area contributed by atoms with Crippen LogP contribution in [0.4, 0.5) is 0 Å². The molecule has 0 aromatic rings. The molecule has 242 valence electrons. The van der Waals surface area contributed by atoms with Crippen molar-refractivity contribution in [1.29, 1.82) is 0 Å². The van der Waals surface area contributed by atoms with Crippen molar-refractivity contribution in [1.82, 2.24) is 0 Å². The number of hydrogen-bond acceptors (Lipinski definition) is 6. The van der Waals surface area contributed by atoms with Crippen LogP contribution in [0.25, 0.3) is 0 Å². The number of ether oxygens (including phenoxy) is 2. The van der Waals surface area contributed by atoms with E-state index in [9.17, 15) is 19.5 Å². The van der Waals surface area contributed by atoms with Crippen molar-refractivity contribution in [2.75, 3.05) is 13.2 Å². The smallest absolute Gasteiger partial charge is 0.385 e. The summed E-state index contributed by atoms with van der Waals surface area (Å²) in [5, 5.41) is 9.37. The number of esters is 2. The van der Waals surface area contributed by atoms with E-state index in [-0.39, 0.29) is 34.6 Å². The normalized spacial score (nSPS) is 9.07. The van der Waals surface area contributed by atoms with Crippen molar-refractivity contribution >= 4 is 17.8 Å². The van der Waals surface area contributed by atoms with Crippen molar-refractivity contribution in [3.8, 4) is 71.0 Å². The third kappa shape index (κ3) is 35.7. The lowest BCUT2D eigenvalue weighted by atomic mass is 10.0. The Hall–Kier alpha value is -4.27. The topological polar surface area (TPSA) is 116 Å². The van der Waals surface area contributed by atoms with E-state index >= 15 is 0 Å². The molecule has 0 rings (SSSR count). The standard InChI is InChI=1S/C32H38O5.C2H5NO.11H2/c1-3-5-7-9-11-13-15-17-19-21-23-25-27-32(35)37-30(28-33)29-36-31(34)26-24-22-20-18-16-14-12-10-8-6-4-2;1-2(3)4;;;;;;;;;;;/h30,33H,3,5,7,9,11,13,15,17,19,21,23,25,27-29H2,1-2H3;1H3,(H2,3,4);11*1H/t30-;;;;;;;;;;;;/m0............/s1. The number of hydrogen-bond donors (Lipinski definition) is 2. The third-order valence-corrected chi connectivity index (χ3v) is 4.99. The second-order valence-corrected chi connectivity index (χ2v) is 8.77. The van der Waals surface area contributed by atoms with Crippen molar-refractivity contribution < 1.29 is 44.7 Å². The molecule has 0 radical (unpaired) electrons. The molecule has 0 unspecified atom stereocenters. The Kier molecular flexibility index (Phi) is 30.3. The highest BCUT2D eigenvalue weighted by atomic mass is 16.6. The van der Waals surface area contributed by atoms with Gasteiger partial charge in [-0.2, -0.15) is 0 Å². The summed E-state index contributed by atoms with van der Waals surface area (Å²) in [7, 11) is 0. The molecule has 0 aromatic carbocycles. The Morgan fingerprint density at radius 1 is 0.732 bits per heavy atom. The molecule has 0 aliphatic carbocycles. The minimum absolute atomic E-state index is 0. The number of rotatable bonds is 17. The van der Waals surface area contributed by atoms with E-state index in [1.54, 1.807) is 6.92 Å². The SMILES string of the molecule is CC#CC#CC#CC#CC#CC#CC(=O)OC[C@H](CO)OC(=O)CCCCCCCCCCCCCC.CC(N)=O.[HH].[HH].[HH].[HH].[HH].[HH].[HH].[HH].[HH].[HH].[HH]. The number of aliphatic hydroxyl groups excluding tert-OH is 1. The fraction of sp³-hybridized carbons (Fsp3) is 0.559. The zero-order valence-electron chi connectivity index (χ0n) is 24.7. The van der Waals surface area contributed by atoms with Gasteiger partial charge in [0.25, 0.3) is 0 Å². The van der Waals surface area contributed by atoms with Gasteiger partial charge in [-0.1, -0.05) is 83.5 Å². The summed E-state index contributed by atoms with van der Waals surface area (Å²) in [4.78, 5) is 32.8. The minimum atomic E-state index is -0.919. The predicted octanol–water partition coefficient (Wildman–Crippen LogP) is 6.76. The third-order valence-electron chi connectivity index (χ3n) is 4.99. The van der Waals surface area contributed by atoms with Crippen LogP contribution < -0.4 is 5.73 Å². The molecule has 41 heavy (non-hydrogen) atoms. The van der Waals surface area contributed by atoms with Gasteiger partial charge in [0.15, 0.2) is 6.10 Å². The molecule has 0 heterocycles. The van der Waals surface area contributed by atoms with Crippen LogP contribution in [-0.2, 0) is 23.9 Å². The zero-order valence-corrected chi connectivity index (χ0v) is 24.7. The number of carbonyl (C=O) groups excluding carboxylic acids is 3. The second-order valence-electron chi connectivity index (χ2n) is 8.77. The number of aliphatic hydroxyl groups is 1. The van der Waals surface area contributed by atoms with E-state index in [1.165, 1.54) is 64.7 Å². The van der Waals surface area contributed by atoms with Crippen LogP contribution in [0.5, 0.6) is 0 Å². The van der Waals surface area contributed by atoms with E-state index in [0.717, 1.165) is 19.3 Å². The monoisotopic (exact) mass is 583 g/mol. The lowest BCUT2D eigenvalue weighted by molar-refractivity contribution is -0.159. The molecular weight excluding hydrogens is 518 g/mol. The molecule has 1 atom stereocenters. The van der Waals surface area contributed by atoms with E-state index < -0.39 is 24.6 Å². The predicted molar refractivity (Wildman–Crippen MR) is 184 cm³/mol. The molecule has 1 amide bonds. The van der Waals surface area contributed by atoms with Crippen LogP contribution in [0.2, 0.25) is 0 Å². The van der Waals surface area contributed by atoms with E-state index in [1.807, 2.05) is 0 Å². The van der Waals surface area contributed by atoms with Crippen LogP contribution in [0.1, 0.15) is 120 Å². The summed E-state index contributed by atoms with van der Waals surface area (Å²) >= 11 is 0. The second kappa shape index (κ2) is 31.9. The molecule has 7 nitrogen and oxygen atoms in total. The summed E-state index contributed by atoms with van der Waals surface area (Å²) in [5.41, 5.74) is 4.47. The van der Waals surface area contributed by atoms with Crippen molar-refractivity contribution in [2.24, 2.45) is 5.73 Å². The van der Waals surface area contributed by atoms with E-state index in [4.69, 9.17) is 9.47 Å². The Morgan fingerprint density at radius 3 is 1.59 bits per heavy atom. The van der Waals surface area contributed by atoms with E-state index in [2.05, 4.69) is 83.7 Å². The van der Waals surface area contributed by atoms with Crippen LogP contribution >= 0.6 is 0 Å². The van der Waals surface area contributed by atoms with Gasteiger partial charge in [-0.15, -0.1) is 0 Å². The first-order chi connectivity index (χ1) is 19.9. The molecule has 0 bridgehead atoms. The van der Waals surface area contributed by atoms with Crippen molar-refractivity contribution in [2.45, 2.75) is 110 Å². The summed E-state index contributed by atoms with van der Waals surface area (Å²) in [6.07, 6.45) is 13.9. The number of amides is 1. The quantitative estimate of drug-likeness (QED) is 0.0845. The molecule has 7 heteroatoms. The maximum Gasteiger partial charge on any atom is 0.385 e. The average molecular weight is 584 g/mol. The summed E-state index contributed by atoms with van der Waals surface area (Å²) in [6, 6.07) is 0. The molecule has 0 fully saturated rings. The first kappa shape index (κ1) is 38.9. The number of primary amides is 1. The Labute approximate surface area is 263 Å². The lowest BCUT2D eigenvalue weighted by Gasteiger charge is -2.14. The average Bonchev–Trinajstić information content (AvgIpc) is 2.94. The van der Waals surface area contributed by atoms with Gasteiger partial charge in [0.1, 0.15) is 6.61 Å². The molecule has 0 saturated carbocycles. The lowest BCUT2D eigenvalue weighted by Crippen LogP contribution is -2.28. The Bertz CT molecular complexity index is 1170. The highest BCUT2D eigenvalue weighted by Crippen LogP contribution is 2.12. The van der Waals surface area contributed by atoms with Gasteiger partial charge >= 0.3 is 11.9 Å². The fourth-order valence-electron chi connectivity index (χ4n) is 3.08. The van der Waals surface area contributed by atoms with Gasteiger partial charge in [-0.25, -0.2) is 4.79 Å². The zero-order chi connectivity index (χ0) is 30.8. The minimum Gasteiger partial charge on any atom is -0.456 e. The van der Waals surface area contributed by atoms with E-state index in [0.29, 0.717) is 0 Å². The van der Waals surface area contributed by atoms with Crippen LogP contribution in [0.15, 0.2) is 0 Å². The van der Waals surface area contributed by atoms with Gasteiger partial charge in [0, 0.05) is 35.0 Å². The molecular formula is C34H65NO6. The van der Waals surface area contributed by atoms with Gasteiger partial charge in [-0.05, 0) is 72.5 Å². The van der Waals surface area contributed by atoms with Crippen LogP contribution in [-0.4, -0.2) is 42.3 Å². The maximum atomic E-state index is 12.0. The molecule has 0 aliphatic heterocycles. The number of nitrogens with two attached hydrogens (primary N) is 1. The maximum absolute atomic E-state index is 12.0. The fourth-order valence-corrected chi connectivity index (χ4v) is 3.08. The molecule has 0 saturated heterocycles. The molecule has 0 aromatic heterocycles. The first-order valence-electron chi connectivity index (χ1n) is 14.0. The first-order valence-corrected chi connectivity index (χ1v) is 14.0. The summed E-state index contributed by atoms with van der Waals surface area (Å²) < 4.78 is 10.1. The van der Waals surface area contributed by atoms with Gasteiger partial charge in [-0.3, -0.25) is 9.59 Å². The van der Waals surface area contributed by atoms with Crippen molar-refractivity contribution in [3.05, 3.63) is 0 Å². The van der Waals surface area contributed by atoms with Gasteiger partial charge in [0.05, 0.1) is 6.61 Å². The highest BCUT2D eigenvalue weighted by molar-refractivity contribution is 5.89. The summed E-state index contributed by atoms with van der Waals surface area (Å²) in [5.74, 6) is 27.7. The molecule has 0 spiro atoms. The number of unbranched alkanes of at least 4 members (excludes halogenated alkanes) is 11. The molecule has 3 N–H and O–H groups in total. The Balaban J connectivity index is -0.0000000873. The largest absolute Gasteiger partial charge is 0.456 e. The van der Waals surface area contributed by atoms with Crippen molar-refractivity contribution in [3.63, 3.8) is 0 Å².